The van der Waals surface area contributed by atoms with Gasteiger partial charge in [-0.25, -0.2) is 4.79 Å². The minimum absolute atomic E-state index is 0.356. The Morgan fingerprint density at radius 1 is 1.09 bits per heavy atom. The predicted octanol–water partition coefficient (Wildman–Crippen LogP) is 3.60. The van der Waals surface area contributed by atoms with Crippen molar-refractivity contribution in [3.8, 4) is 0 Å². The lowest BCUT2D eigenvalue weighted by Gasteiger charge is -2.19. The minimum atomic E-state index is -0.448. The third kappa shape index (κ3) is 7.46. The topological polar surface area (TPSA) is 41.6 Å². The first-order chi connectivity index (χ1) is 10.3. The summed E-state index contributed by atoms with van der Waals surface area (Å²) in [5.74, 6) is 0. The Labute approximate surface area is 134 Å². The van der Waals surface area contributed by atoms with E-state index in [1.165, 1.54) is 11.1 Å². The Balaban J connectivity index is 2.37. The summed E-state index contributed by atoms with van der Waals surface area (Å²) in [6.45, 7) is 13.7. The fourth-order valence-electron chi connectivity index (χ4n) is 2.14. The van der Waals surface area contributed by atoms with Crippen LogP contribution in [-0.2, 0) is 17.7 Å². The number of nitrogens with one attached hydrogen (secondary N) is 1. The van der Waals surface area contributed by atoms with Gasteiger partial charge in [-0.3, -0.25) is 4.90 Å². The summed E-state index contributed by atoms with van der Waals surface area (Å²) in [5, 5.41) is 2.78. The Kier molecular flexibility index (Phi) is 7.39. The Morgan fingerprint density at radius 3 is 2.14 bits per heavy atom. The largest absolute Gasteiger partial charge is 0.444 e. The van der Waals surface area contributed by atoms with Gasteiger partial charge >= 0.3 is 6.09 Å². The van der Waals surface area contributed by atoms with Gasteiger partial charge in [0, 0.05) is 13.1 Å². The molecule has 0 aromatic heterocycles. The van der Waals surface area contributed by atoms with Crippen molar-refractivity contribution in [2.45, 2.75) is 53.2 Å². The van der Waals surface area contributed by atoms with Crippen molar-refractivity contribution in [3.63, 3.8) is 0 Å². The number of ether oxygens (including phenoxy) is 1. The van der Waals surface area contributed by atoms with Gasteiger partial charge < -0.3 is 10.1 Å². The average molecular weight is 306 g/mol. The molecule has 0 saturated heterocycles. The second-order valence-electron chi connectivity index (χ2n) is 6.46. The molecule has 0 heterocycles. The van der Waals surface area contributed by atoms with E-state index in [-0.39, 0.29) is 6.09 Å². The molecule has 0 aliphatic heterocycles. The first-order valence-electron chi connectivity index (χ1n) is 8.11. The third-order valence-corrected chi connectivity index (χ3v) is 3.41. The zero-order chi connectivity index (χ0) is 16.6. The monoisotopic (exact) mass is 306 g/mol. The summed E-state index contributed by atoms with van der Waals surface area (Å²) in [4.78, 5) is 13.9. The van der Waals surface area contributed by atoms with E-state index in [9.17, 15) is 4.79 Å². The maximum Gasteiger partial charge on any atom is 0.407 e. The molecule has 4 nitrogen and oxygen atoms in total. The first-order valence-corrected chi connectivity index (χ1v) is 8.11. The van der Waals surface area contributed by atoms with E-state index in [1.807, 2.05) is 20.8 Å². The van der Waals surface area contributed by atoms with Crippen LogP contribution in [0.15, 0.2) is 24.3 Å². The van der Waals surface area contributed by atoms with Crippen LogP contribution in [0.2, 0.25) is 0 Å². The van der Waals surface area contributed by atoms with Crippen molar-refractivity contribution in [3.05, 3.63) is 35.4 Å². The molecule has 0 aliphatic carbocycles. The van der Waals surface area contributed by atoms with Crippen LogP contribution in [0, 0.1) is 0 Å². The molecule has 0 atom stereocenters. The molecule has 0 spiro atoms. The maximum atomic E-state index is 11.6. The molecule has 22 heavy (non-hydrogen) atoms. The molecule has 1 N–H and O–H groups in total. The van der Waals surface area contributed by atoms with E-state index in [2.05, 4.69) is 48.3 Å². The smallest absolute Gasteiger partial charge is 0.407 e. The van der Waals surface area contributed by atoms with E-state index >= 15 is 0 Å². The Morgan fingerprint density at radius 2 is 1.64 bits per heavy atom. The number of hydrogen-bond acceptors (Lipinski definition) is 3. The molecule has 0 unspecified atom stereocenters. The van der Waals surface area contributed by atoms with Gasteiger partial charge in [0.15, 0.2) is 0 Å². The van der Waals surface area contributed by atoms with Crippen LogP contribution in [0.4, 0.5) is 4.79 Å². The molecular weight excluding hydrogens is 276 g/mol. The quantitative estimate of drug-likeness (QED) is 0.837. The molecule has 4 heteroatoms. The predicted molar refractivity (Wildman–Crippen MR) is 91.0 cm³/mol. The summed E-state index contributed by atoms with van der Waals surface area (Å²) in [7, 11) is 0. The van der Waals surface area contributed by atoms with E-state index in [0.29, 0.717) is 6.54 Å². The number of carbonyl (C=O) groups is 1. The van der Waals surface area contributed by atoms with Crippen molar-refractivity contribution in [2.75, 3.05) is 19.6 Å². The molecule has 0 aliphatic rings. The number of benzene rings is 1. The molecule has 0 radical (unpaired) electrons. The minimum Gasteiger partial charge on any atom is -0.444 e. The molecule has 0 bridgehead atoms. The number of rotatable bonds is 7. The van der Waals surface area contributed by atoms with Gasteiger partial charge in [-0.1, -0.05) is 38.1 Å². The SMILES string of the molecule is CCN(CC)Cc1ccc(CCNC(=O)OC(C)(C)C)cc1. The molecule has 124 valence electrons. The molecular formula is C18H30N2O2. The van der Waals surface area contributed by atoms with Crippen molar-refractivity contribution >= 4 is 6.09 Å². The highest BCUT2D eigenvalue weighted by Gasteiger charge is 2.15. The van der Waals surface area contributed by atoms with Crippen molar-refractivity contribution in [1.82, 2.24) is 10.2 Å². The normalized spacial score (nSPS) is 11.5. The number of amides is 1. The van der Waals surface area contributed by atoms with Crippen molar-refractivity contribution in [1.29, 1.82) is 0 Å². The molecule has 1 aromatic rings. The zero-order valence-corrected chi connectivity index (χ0v) is 14.6. The second kappa shape index (κ2) is 8.79. The summed E-state index contributed by atoms with van der Waals surface area (Å²) >= 11 is 0. The highest BCUT2D eigenvalue weighted by atomic mass is 16.6. The molecule has 1 amide bonds. The van der Waals surface area contributed by atoms with Gasteiger partial charge in [0.25, 0.3) is 0 Å². The van der Waals surface area contributed by atoms with Crippen LogP contribution in [-0.4, -0.2) is 36.2 Å². The van der Waals surface area contributed by atoms with Crippen LogP contribution in [0.5, 0.6) is 0 Å². The highest BCUT2D eigenvalue weighted by Crippen LogP contribution is 2.09. The van der Waals surface area contributed by atoms with Gasteiger partial charge in [0.2, 0.25) is 0 Å². The lowest BCUT2D eigenvalue weighted by molar-refractivity contribution is 0.0528. The van der Waals surface area contributed by atoms with Crippen molar-refractivity contribution < 1.29 is 9.53 Å². The van der Waals surface area contributed by atoms with E-state index < -0.39 is 5.60 Å². The number of nitrogens with zero attached hydrogens (tertiary/aromatic N) is 1. The fraction of sp³-hybridized carbons (Fsp3) is 0.611. The lowest BCUT2D eigenvalue weighted by Crippen LogP contribution is -2.33. The standard InChI is InChI=1S/C18H30N2O2/c1-6-20(7-2)14-16-10-8-15(9-11-16)12-13-19-17(21)22-18(3,4)5/h8-11H,6-7,12-14H2,1-5H3,(H,19,21). The average Bonchev–Trinajstić information content (AvgIpc) is 2.44. The third-order valence-electron chi connectivity index (χ3n) is 3.41. The molecule has 1 aromatic carbocycles. The maximum absolute atomic E-state index is 11.6. The van der Waals surface area contributed by atoms with Gasteiger partial charge in [-0.05, 0) is 51.4 Å². The summed E-state index contributed by atoms with van der Waals surface area (Å²) < 4.78 is 5.21. The van der Waals surface area contributed by atoms with Gasteiger partial charge in [-0.2, -0.15) is 0 Å². The first kappa shape index (κ1) is 18.5. The summed E-state index contributed by atoms with van der Waals surface area (Å²) in [6.07, 6.45) is 0.454. The van der Waals surface area contributed by atoms with E-state index in [1.54, 1.807) is 0 Å². The Hall–Kier alpha value is -1.55. The summed E-state index contributed by atoms with van der Waals surface area (Å²) in [5.41, 5.74) is 2.10. The molecule has 0 fully saturated rings. The van der Waals surface area contributed by atoms with Crippen LogP contribution < -0.4 is 5.32 Å². The van der Waals surface area contributed by atoms with E-state index in [0.717, 1.165) is 26.1 Å². The number of alkyl carbamates (subject to hydrolysis) is 1. The van der Waals surface area contributed by atoms with Gasteiger partial charge in [-0.15, -0.1) is 0 Å². The van der Waals surface area contributed by atoms with Crippen molar-refractivity contribution in [2.24, 2.45) is 0 Å². The van der Waals surface area contributed by atoms with E-state index in [4.69, 9.17) is 4.74 Å². The molecule has 1 rings (SSSR count). The lowest BCUT2D eigenvalue weighted by atomic mass is 10.1. The Bertz CT molecular complexity index is 445. The molecule has 0 saturated carbocycles. The van der Waals surface area contributed by atoms with Crippen LogP contribution >= 0.6 is 0 Å². The number of hydrogen-bond donors (Lipinski definition) is 1. The van der Waals surface area contributed by atoms with Gasteiger partial charge in [0.05, 0.1) is 0 Å². The highest BCUT2D eigenvalue weighted by molar-refractivity contribution is 5.67. The van der Waals surface area contributed by atoms with Gasteiger partial charge in [0.1, 0.15) is 5.60 Å². The van der Waals surface area contributed by atoms with Crippen LogP contribution in [0.25, 0.3) is 0 Å². The van der Waals surface area contributed by atoms with Crippen LogP contribution in [0.3, 0.4) is 0 Å². The second-order valence-corrected chi connectivity index (χ2v) is 6.46. The van der Waals surface area contributed by atoms with Crippen LogP contribution in [0.1, 0.15) is 45.7 Å². The fourth-order valence-corrected chi connectivity index (χ4v) is 2.14. The zero-order valence-electron chi connectivity index (χ0n) is 14.6. The number of carbonyl (C=O) groups excluding carboxylic acids is 1. The summed E-state index contributed by atoms with van der Waals surface area (Å²) in [6, 6.07) is 8.60.